The van der Waals surface area contributed by atoms with Crippen molar-refractivity contribution in [3.8, 4) is 0 Å². The summed E-state index contributed by atoms with van der Waals surface area (Å²) in [5.74, 6) is -0.0322. The maximum atomic E-state index is 13.3. The van der Waals surface area contributed by atoms with E-state index in [4.69, 9.17) is 11.6 Å². The van der Waals surface area contributed by atoms with Gasteiger partial charge in [0.25, 0.3) is 0 Å². The summed E-state index contributed by atoms with van der Waals surface area (Å²) in [5.41, 5.74) is 3.38. The Kier molecular flexibility index (Phi) is 4.73. The first-order valence-corrected chi connectivity index (χ1v) is 10.2. The molecule has 2 aromatic carbocycles. The van der Waals surface area contributed by atoms with E-state index in [2.05, 4.69) is 19.7 Å². The molecule has 0 unspecified atom stereocenters. The number of carbonyl (C=O) groups excluding carboxylic acids is 1. The number of piperazine rings is 1. The number of nitrogens with zero attached hydrogens (tertiary/aromatic N) is 2. The molecular weight excluding hydrogens is 372 g/mol. The van der Waals surface area contributed by atoms with E-state index in [0.29, 0.717) is 13.1 Å². The van der Waals surface area contributed by atoms with Gasteiger partial charge >= 0.3 is 0 Å². The number of hydrogen-bond acceptors (Lipinski definition) is 2. The Balaban J connectivity index is 1.44. The number of amides is 1. The van der Waals surface area contributed by atoms with E-state index < -0.39 is 5.31 Å². The smallest absolute Gasteiger partial charge is 0.220 e. The molecule has 28 heavy (non-hydrogen) atoms. The first-order chi connectivity index (χ1) is 13.2. The fraction of sp³-hybridized carbons (Fsp3) is 0.381. The summed E-state index contributed by atoms with van der Waals surface area (Å²) < 4.78 is 13.3. The number of aryl methyl sites for hydroxylation is 1. The van der Waals surface area contributed by atoms with E-state index in [1.807, 2.05) is 43.1 Å². The van der Waals surface area contributed by atoms with Crippen LogP contribution in [0.25, 0.3) is 0 Å². The number of carbonyl (C=O) groups is 1. The number of hydrogen-bond donors (Lipinski definition) is 0. The molecule has 0 radical (unpaired) electrons. The highest BCUT2D eigenvalue weighted by atomic mass is 35.5. The molecule has 0 aromatic heterocycles. The first kappa shape index (κ1) is 19.4. The number of benzene rings is 2. The highest BCUT2D eigenvalue weighted by Crippen LogP contribution is 2.67. The Morgan fingerprint density at radius 2 is 1.71 bits per heavy atom. The normalized spacial score (nSPS) is 27.0. The van der Waals surface area contributed by atoms with Gasteiger partial charge in [0.05, 0.1) is 0 Å². The molecule has 2 fully saturated rings. The summed E-state index contributed by atoms with van der Waals surface area (Å²) in [6, 6.07) is 12.5. The molecule has 7 heteroatoms. The van der Waals surface area contributed by atoms with Crippen molar-refractivity contribution in [2.75, 3.05) is 31.1 Å². The summed E-state index contributed by atoms with van der Waals surface area (Å²) >= 11 is 6.17. The molecule has 2 aliphatic rings. The molecule has 1 aliphatic heterocycles. The van der Waals surface area contributed by atoms with Gasteiger partial charge in [-0.15, -0.1) is 0 Å². The van der Waals surface area contributed by atoms with E-state index in [9.17, 15) is 9.18 Å². The van der Waals surface area contributed by atoms with Crippen LogP contribution in [-0.4, -0.2) is 52.7 Å². The zero-order valence-electron chi connectivity index (χ0n) is 16.6. The fourth-order valence-corrected chi connectivity index (χ4v) is 4.80. The van der Waals surface area contributed by atoms with E-state index in [-0.39, 0.29) is 17.0 Å². The lowest BCUT2D eigenvalue weighted by molar-refractivity contribution is -0.132. The van der Waals surface area contributed by atoms with Crippen LogP contribution in [0, 0.1) is 12.7 Å². The summed E-state index contributed by atoms with van der Waals surface area (Å²) in [7, 11) is 4.16. The van der Waals surface area contributed by atoms with Crippen LogP contribution in [0.1, 0.15) is 17.5 Å². The van der Waals surface area contributed by atoms with Gasteiger partial charge in [-0.2, -0.15) is 0 Å². The van der Waals surface area contributed by atoms with Gasteiger partial charge in [0, 0.05) is 42.2 Å². The molecule has 1 amide bonds. The number of halogens is 2. The predicted octanol–water partition coefficient (Wildman–Crippen LogP) is 2.16. The maximum absolute atomic E-state index is 13.3. The molecule has 3 nitrogen and oxygen atoms in total. The van der Waals surface area contributed by atoms with Gasteiger partial charge in [-0.3, -0.25) is 4.79 Å². The first-order valence-electron chi connectivity index (χ1n) is 9.81. The number of anilines is 1. The van der Waals surface area contributed by atoms with Crippen LogP contribution < -0.4 is 4.90 Å². The second-order valence-corrected chi connectivity index (χ2v) is 8.99. The largest absolute Gasteiger partial charge is 0.368 e. The Morgan fingerprint density at radius 1 is 1.07 bits per heavy atom. The average molecular weight is 397 g/mol. The van der Waals surface area contributed by atoms with E-state index in [1.54, 1.807) is 0 Å². The zero-order chi connectivity index (χ0) is 20.1. The monoisotopic (exact) mass is 396 g/mol. The number of rotatable bonds is 3. The van der Waals surface area contributed by atoms with Gasteiger partial charge in [-0.05, 0) is 54.1 Å². The minimum Gasteiger partial charge on any atom is -0.368 e. The third-order valence-electron chi connectivity index (χ3n) is 6.83. The highest BCUT2D eigenvalue weighted by molar-refractivity contribution is 6.41. The highest BCUT2D eigenvalue weighted by Gasteiger charge is 2.66. The molecule has 1 aliphatic carbocycles. The summed E-state index contributed by atoms with van der Waals surface area (Å²) in [5, 5.41) is 0.0944. The molecule has 0 bridgehead atoms. The predicted molar refractivity (Wildman–Crippen MR) is 117 cm³/mol. The standard InChI is InChI=1S/C21H24B2ClFN2O/c1-14-2-5-16(24)12-18(14)26-8-10-27(11-9-26)19(28)21(23)13-20(21,22)15-3-6-17(25)7-4-15/h2-7,12H,8-11,13,22-23H2,1H3/t20-,21+/m0/s1. The molecule has 1 heterocycles. The van der Waals surface area contributed by atoms with Crippen LogP contribution >= 0.6 is 11.6 Å². The lowest BCUT2D eigenvalue weighted by Gasteiger charge is -2.38. The van der Waals surface area contributed by atoms with Crippen molar-refractivity contribution in [2.24, 2.45) is 0 Å². The van der Waals surface area contributed by atoms with Gasteiger partial charge in [-0.25, -0.2) is 4.39 Å². The van der Waals surface area contributed by atoms with Crippen molar-refractivity contribution in [3.05, 3.63) is 64.4 Å². The van der Waals surface area contributed by atoms with Gasteiger partial charge in [0.1, 0.15) is 21.5 Å². The minimum atomic E-state index is -0.418. The summed E-state index contributed by atoms with van der Waals surface area (Å²) in [6.45, 7) is 5.11. The lowest BCUT2D eigenvalue weighted by Crippen LogP contribution is -2.51. The third-order valence-corrected chi connectivity index (χ3v) is 7.07. The lowest BCUT2D eigenvalue weighted by atomic mass is 9.63. The van der Waals surface area contributed by atoms with Crippen LogP contribution in [0.15, 0.2) is 42.5 Å². The van der Waals surface area contributed by atoms with Crippen LogP contribution in [-0.2, 0) is 10.1 Å². The summed E-state index contributed by atoms with van der Waals surface area (Å²) in [6.07, 6.45) is 0.804. The van der Waals surface area contributed by atoms with Crippen molar-refractivity contribution in [1.82, 2.24) is 4.90 Å². The van der Waals surface area contributed by atoms with Gasteiger partial charge in [0.15, 0.2) is 0 Å². The molecule has 1 saturated carbocycles. The summed E-state index contributed by atoms with van der Waals surface area (Å²) in [4.78, 5) is 17.6. The maximum Gasteiger partial charge on any atom is 0.220 e. The molecule has 0 spiro atoms. The molecule has 1 saturated heterocycles. The van der Waals surface area contributed by atoms with Crippen LogP contribution in [0.3, 0.4) is 0 Å². The fourth-order valence-electron chi connectivity index (χ4n) is 4.64. The molecule has 4 rings (SSSR count). The quantitative estimate of drug-likeness (QED) is 0.743. The van der Waals surface area contributed by atoms with Gasteiger partial charge < -0.3 is 9.80 Å². The van der Waals surface area contributed by atoms with Gasteiger partial charge in [-0.1, -0.05) is 29.8 Å². The second-order valence-electron chi connectivity index (χ2n) is 8.56. The van der Waals surface area contributed by atoms with Crippen LogP contribution in [0.4, 0.5) is 10.1 Å². The zero-order valence-corrected chi connectivity index (χ0v) is 17.4. The molecule has 144 valence electrons. The minimum absolute atomic E-state index is 0.210. The van der Waals surface area contributed by atoms with E-state index in [0.717, 1.165) is 35.8 Å². The Labute approximate surface area is 172 Å². The van der Waals surface area contributed by atoms with E-state index >= 15 is 0 Å². The van der Waals surface area contributed by atoms with Crippen molar-refractivity contribution in [1.29, 1.82) is 0 Å². The Bertz CT molecular complexity index is 917. The topological polar surface area (TPSA) is 23.6 Å². The van der Waals surface area contributed by atoms with E-state index in [1.165, 1.54) is 17.7 Å². The average Bonchev–Trinajstić information content (AvgIpc) is 3.27. The van der Waals surface area contributed by atoms with Crippen molar-refractivity contribution < 1.29 is 9.18 Å². The van der Waals surface area contributed by atoms with Crippen LogP contribution in [0.5, 0.6) is 0 Å². The third kappa shape index (κ3) is 3.12. The van der Waals surface area contributed by atoms with Gasteiger partial charge in [0.2, 0.25) is 5.91 Å². The van der Waals surface area contributed by atoms with Crippen molar-refractivity contribution >= 4 is 38.9 Å². The molecular formula is C21H24B2ClFN2O. The Hall–Kier alpha value is -1.94. The molecule has 2 atom stereocenters. The Morgan fingerprint density at radius 3 is 2.36 bits per heavy atom. The molecule has 0 N–H and O–H groups in total. The SMILES string of the molecule is B[C@@]1(C(=O)N2CCN(c3cc(Cl)ccc3C)CC2)C[C@]1(B)c1ccc(F)cc1. The van der Waals surface area contributed by atoms with Crippen molar-refractivity contribution in [2.45, 2.75) is 24.0 Å². The van der Waals surface area contributed by atoms with Crippen molar-refractivity contribution in [3.63, 3.8) is 0 Å². The van der Waals surface area contributed by atoms with Crippen LogP contribution in [0.2, 0.25) is 10.3 Å². The molecule has 2 aromatic rings. The second kappa shape index (κ2) is 6.84.